The molecule has 0 spiro atoms. The van der Waals surface area contributed by atoms with Crippen LogP contribution in [0.2, 0.25) is 0 Å². The minimum Gasteiger partial charge on any atom is -0.504 e. The first-order valence-electron chi connectivity index (χ1n) is 8.47. The van der Waals surface area contributed by atoms with Gasteiger partial charge in [-0.15, -0.1) is 0 Å². The van der Waals surface area contributed by atoms with Gasteiger partial charge in [0.1, 0.15) is 0 Å². The van der Waals surface area contributed by atoms with Crippen molar-refractivity contribution in [3.8, 4) is 23.0 Å². The van der Waals surface area contributed by atoms with E-state index in [1.165, 1.54) is 24.3 Å². The fourth-order valence-electron chi connectivity index (χ4n) is 3.20. The van der Waals surface area contributed by atoms with Gasteiger partial charge in [-0.1, -0.05) is 12.1 Å². The second-order valence-electron chi connectivity index (χ2n) is 6.49. The van der Waals surface area contributed by atoms with Crippen LogP contribution >= 0.6 is 0 Å². The van der Waals surface area contributed by atoms with Crippen molar-refractivity contribution in [1.82, 2.24) is 10.2 Å². The van der Waals surface area contributed by atoms with Crippen LogP contribution in [0.3, 0.4) is 0 Å². The highest BCUT2D eigenvalue weighted by Gasteiger charge is 2.30. The summed E-state index contributed by atoms with van der Waals surface area (Å²) in [6.45, 7) is 1.54. The molecule has 7 nitrogen and oxygen atoms in total. The number of carbonyl (C=O) groups is 1. The Kier molecular flexibility index (Phi) is 5.18. The molecule has 0 unspecified atom stereocenters. The molecule has 1 amide bonds. The number of rotatable bonds is 5. The maximum atomic E-state index is 12.5. The van der Waals surface area contributed by atoms with Gasteiger partial charge in [-0.3, -0.25) is 9.69 Å². The van der Waals surface area contributed by atoms with Crippen molar-refractivity contribution in [2.24, 2.45) is 0 Å². The van der Waals surface area contributed by atoms with Crippen LogP contribution in [-0.2, 0) is 17.9 Å². The number of hydrogen-bond acceptors (Lipinski definition) is 6. The number of phenolic OH excluding ortho intramolecular Hbond substituents is 4. The quantitative estimate of drug-likeness (QED) is 0.521. The standard InChI is InChI=1S/C19H22N2O5/c22-15-5-3-12(8-17(15)24)10-20-19(26)14-2-1-7-21(14)11-13-4-6-16(23)18(25)9-13/h3-6,8-9,14,22-25H,1-2,7,10-11H2,(H,20,26)/t14-/m0/s1. The first kappa shape index (κ1) is 17.9. The number of phenols is 4. The zero-order chi connectivity index (χ0) is 18.7. The molecule has 0 aliphatic carbocycles. The lowest BCUT2D eigenvalue weighted by Crippen LogP contribution is -2.42. The highest BCUT2D eigenvalue weighted by atomic mass is 16.3. The zero-order valence-corrected chi connectivity index (χ0v) is 14.2. The fourth-order valence-corrected chi connectivity index (χ4v) is 3.20. The van der Waals surface area contributed by atoms with Crippen LogP contribution in [0.4, 0.5) is 0 Å². The van der Waals surface area contributed by atoms with Crippen LogP contribution in [0.15, 0.2) is 36.4 Å². The van der Waals surface area contributed by atoms with Crippen LogP contribution < -0.4 is 5.32 Å². The summed E-state index contributed by atoms with van der Waals surface area (Å²) in [5.41, 5.74) is 1.52. The summed E-state index contributed by atoms with van der Waals surface area (Å²) in [6, 6.07) is 8.84. The van der Waals surface area contributed by atoms with Crippen LogP contribution in [-0.4, -0.2) is 43.8 Å². The smallest absolute Gasteiger partial charge is 0.237 e. The Morgan fingerprint density at radius 1 is 0.962 bits per heavy atom. The van der Waals surface area contributed by atoms with E-state index in [2.05, 4.69) is 5.32 Å². The molecule has 0 radical (unpaired) electrons. The molecule has 2 aromatic carbocycles. The number of nitrogens with one attached hydrogen (secondary N) is 1. The van der Waals surface area contributed by atoms with Gasteiger partial charge in [0.15, 0.2) is 23.0 Å². The van der Waals surface area contributed by atoms with Crippen molar-refractivity contribution in [2.45, 2.75) is 32.0 Å². The molecule has 0 saturated carbocycles. The van der Waals surface area contributed by atoms with Gasteiger partial charge in [0, 0.05) is 13.1 Å². The van der Waals surface area contributed by atoms with Gasteiger partial charge in [0.05, 0.1) is 6.04 Å². The molecule has 0 aromatic heterocycles. The first-order chi connectivity index (χ1) is 12.4. The normalized spacial score (nSPS) is 17.3. The summed E-state index contributed by atoms with van der Waals surface area (Å²) >= 11 is 0. The molecule has 3 rings (SSSR count). The molecule has 1 aliphatic rings. The van der Waals surface area contributed by atoms with E-state index in [9.17, 15) is 25.2 Å². The van der Waals surface area contributed by atoms with Crippen LogP contribution in [0.25, 0.3) is 0 Å². The maximum Gasteiger partial charge on any atom is 0.237 e. The number of carbonyl (C=O) groups excluding carboxylic acids is 1. The average molecular weight is 358 g/mol. The summed E-state index contributed by atoms with van der Waals surface area (Å²) < 4.78 is 0. The Morgan fingerprint density at radius 3 is 2.23 bits per heavy atom. The molecule has 2 aromatic rings. The van der Waals surface area contributed by atoms with Crippen LogP contribution in [0, 0.1) is 0 Å². The van der Waals surface area contributed by atoms with E-state index in [-0.39, 0.29) is 41.5 Å². The topological polar surface area (TPSA) is 113 Å². The molecule has 1 aliphatic heterocycles. The third-order valence-corrected chi connectivity index (χ3v) is 4.60. The maximum absolute atomic E-state index is 12.5. The average Bonchev–Trinajstić information content (AvgIpc) is 3.07. The third-order valence-electron chi connectivity index (χ3n) is 4.60. The summed E-state index contributed by atoms with van der Waals surface area (Å²) in [4.78, 5) is 14.6. The summed E-state index contributed by atoms with van der Waals surface area (Å²) in [7, 11) is 0. The van der Waals surface area contributed by atoms with Gasteiger partial charge >= 0.3 is 0 Å². The third kappa shape index (κ3) is 4.00. The van der Waals surface area contributed by atoms with Crippen molar-refractivity contribution in [3.05, 3.63) is 47.5 Å². The molecule has 1 saturated heterocycles. The SMILES string of the molecule is O=C(NCc1ccc(O)c(O)c1)[C@@H]1CCCN1Cc1ccc(O)c(O)c1. The second-order valence-corrected chi connectivity index (χ2v) is 6.49. The lowest BCUT2D eigenvalue weighted by Gasteiger charge is -2.24. The van der Waals surface area contributed by atoms with Gasteiger partial charge in [0.25, 0.3) is 0 Å². The molecule has 1 heterocycles. The molecule has 0 bridgehead atoms. The van der Waals surface area contributed by atoms with E-state index in [0.717, 1.165) is 24.9 Å². The fraction of sp³-hybridized carbons (Fsp3) is 0.316. The number of hydrogen-bond donors (Lipinski definition) is 5. The van der Waals surface area contributed by atoms with Gasteiger partial charge in [-0.2, -0.15) is 0 Å². The largest absolute Gasteiger partial charge is 0.504 e. The number of amides is 1. The number of likely N-dealkylation sites (tertiary alicyclic amines) is 1. The van der Waals surface area contributed by atoms with E-state index >= 15 is 0 Å². The predicted octanol–water partition coefficient (Wildman–Crippen LogP) is 1.79. The van der Waals surface area contributed by atoms with E-state index in [0.29, 0.717) is 12.1 Å². The van der Waals surface area contributed by atoms with Gasteiger partial charge in [0.2, 0.25) is 5.91 Å². The number of nitrogens with zero attached hydrogens (tertiary/aromatic N) is 1. The number of benzene rings is 2. The summed E-state index contributed by atoms with van der Waals surface area (Å²) in [5, 5.41) is 40.7. The first-order valence-corrected chi connectivity index (χ1v) is 8.47. The van der Waals surface area contributed by atoms with E-state index in [4.69, 9.17) is 0 Å². The molecule has 26 heavy (non-hydrogen) atoms. The lowest BCUT2D eigenvalue weighted by atomic mass is 10.1. The van der Waals surface area contributed by atoms with Crippen LogP contribution in [0.5, 0.6) is 23.0 Å². The Morgan fingerprint density at radius 2 is 1.58 bits per heavy atom. The number of aromatic hydroxyl groups is 4. The molecular formula is C19H22N2O5. The molecule has 5 N–H and O–H groups in total. The van der Waals surface area contributed by atoms with Crippen molar-refractivity contribution in [1.29, 1.82) is 0 Å². The Hall–Kier alpha value is -2.93. The Labute approximate surface area is 151 Å². The summed E-state index contributed by atoms with van der Waals surface area (Å²) in [6.07, 6.45) is 1.65. The highest BCUT2D eigenvalue weighted by Crippen LogP contribution is 2.28. The monoisotopic (exact) mass is 358 g/mol. The van der Waals surface area contributed by atoms with E-state index in [1.807, 2.05) is 4.90 Å². The van der Waals surface area contributed by atoms with E-state index in [1.54, 1.807) is 12.1 Å². The molecular weight excluding hydrogens is 336 g/mol. The minimum atomic E-state index is -0.267. The van der Waals surface area contributed by atoms with Gasteiger partial charge in [-0.05, 0) is 54.8 Å². The molecule has 138 valence electrons. The molecule has 1 atom stereocenters. The van der Waals surface area contributed by atoms with Crippen molar-refractivity contribution in [2.75, 3.05) is 6.54 Å². The lowest BCUT2D eigenvalue weighted by molar-refractivity contribution is -0.125. The molecule has 7 heteroatoms. The Balaban J connectivity index is 1.60. The van der Waals surface area contributed by atoms with E-state index < -0.39 is 0 Å². The Bertz CT molecular complexity index is 809. The summed E-state index contributed by atoms with van der Waals surface area (Å²) in [5.74, 6) is -0.847. The van der Waals surface area contributed by atoms with Crippen molar-refractivity contribution >= 4 is 5.91 Å². The molecule has 1 fully saturated rings. The second kappa shape index (κ2) is 7.53. The van der Waals surface area contributed by atoms with Gasteiger partial charge < -0.3 is 25.7 Å². The highest BCUT2D eigenvalue weighted by molar-refractivity contribution is 5.82. The van der Waals surface area contributed by atoms with Gasteiger partial charge in [-0.25, -0.2) is 0 Å². The minimum absolute atomic E-state index is 0.0990. The van der Waals surface area contributed by atoms with Crippen molar-refractivity contribution < 1.29 is 25.2 Å². The van der Waals surface area contributed by atoms with Crippen molar-refractivity contribution in [3.63, 3.8) is 0 Å². The van der Waals surface area contributed by atoms with Crippen LogP contribution in [0.1, 0.15) is 24.0 Å². The zero-order valence-electron chi connectivity index (χ0n) is 14.2. The predicted molar refractivity (Wildman–Crippen MR) is 94.8 cm³/mol.